The predicted octanol–water partition coefficient (Wildman–Crippen LogP) is 3.65. The number of hydrogen-bond acceptors (Lipinski definition) is 4. The molecule has 0 saturated carbocycles. The molecular weight excluding hydrogens is 490 g/mol. The summed E-state index contributed by atoms with van der Waals surface area (Å²) in [6, 6.07) is -0.574. The number of hydrogen-bond donors (Lipinski definition) is 1. The fraction of sp³-hybridized carbons (Fsp3) is 0.571. The Balaban J connectivity index is 1.43. The van der Waals surface area contributed by atoms with Gasteiger partial charge in [0.1, 0.15) is 11.6 Å². The number of nitrogens with two attached hydrogens (primary N) is 1. The van der Waals surface area contributed by atoms with Gasteiger partial charge >= 0.3 is 12.1 Å². The number of benzene rings is 1. The van der Waals surface area contributed by atoms with Crippen molar-refractivity contribution in [3.05, 3.63) is 46.8 Å². The van der Waals surface area contributed by atoms with E-state index in [2.05, 4.69) is 10.2 Å². The van der Waals surface area contributed by atoms with Gasteiger partial charge in [0, 0.05) is 44.1 Å². The first-order chi connectivity index (χ1) is 16.3. The molecule has 4 rings (SSSR count). The van der Waals surface area contributed by atoms with Crippen LogP contribution in [0.4, 0.5) is 35.1 Å². The van der Waals surface area contributed by atoms with Crippen molar-refractivity contribution in [1.82, 2.24) is 19.7 Å². The van der Waals surface area contributed by atoms with Crippen LogP contribution >= 0.6 is 0 Å². The molecule has 2 aliphatic heterocycles. The highest BCUT2D eigenvalue weighted by Crippen LogP contribution is 2.46. The molecule has 3 heterocycles. The minimum absolute atomic E-state index is 0.0422. The minimum Gasteiger partial charge on any atom is -0.342 e. The number of alkyl halides is 5. The van der Waals surface area contributed by atoms with Crippen LogP contribution in [0.15, 0.2) is 12.1 Å². The standard InChI is InChI=1S/C21H21F8N5O/c22-13-8-15(24)14(23)6-11(13)5-12(30)7-18(35)33-4-3-16-10(9-33)1-2-17-31-32-19(34(16)17)20(25,26)21(27,28)29/h6,8,10,12,16H,1-5,7,9,30H2/t10-,12-,16-/m1/s1. The van der Waals surface area contributed by atoms with Crippen molar-refractivity contribution in [3.8, 4) is 0 Å². The van der Waals surface area contributed by atoms with Crippen LogP contribution in [0.2, 0.25) is 0 Å². The zero-order valence-electron chi connectivity index (χ0n) is 18.1. The van der Waals surface area contributed by atoms with Gasteiger partial charge in [-0.1, -0.05) is 0 Å². The first-order valence-corrected chi connectivity index (χ1v) is 10.8. The SMILES string of the molecule is N[C@@H](CC(=O)N1CC[C@@H]2[C@H](CCc3nnc(C(F)(F)C(F)(F)F)n32)C1)Cc1cc(F)c(F)cc1F. The number of amides is 1. The van der Waals surface area contributed by atoms with Crippen molar-refractivity contribution < 1.29 is 39.9 Å². The van der Waals surface area contributed by atoms with Gasteiger partial charge in [-0.2, -0.15) is 22.0 Å². The van der Waals surface area contributed by atoms with Gasteiger partial charge in [-0.05, 0) is 36.8 Å². The molecule has 3 atom stereocenters. The van der Waals surface area contributed by atoms with E-state index in [0.717, 1.165) is 4.57 Å². The summed E-state index contributed by atoms with van der Waals surface area (Å²) in [5.41, 5.74) is 5.73. The lowest BCUT2D eigenvalue weighted by atomic mass is 9.84. The largest absolute Gasteiger partial charge is 0.461 e. The Labute approximate surface area is 194 Å². The van der Waals surface area contributed by atoms with Crippen molar-refractivity contribution in [2.45, 2.75) is 56.3 Å². The Morgan fingerprint density at radius 1 is 1.06 bits per heavy atom. The summed E-state index contributed by atoms with van der Waals surface area (Å²) in [5.74, 6) is -11.0. The topological polar surface area (TPSA) is 77.0 Å². The Bertz CT molecular complexity index is 1120. The van der Waals surface area contributed by atoms with Gasteiger partial charge in [0.25, 0.3) is 0 Å². The van der Waals surface area contributed by atoms with Crippen LogP contribution in [0.1, 0.15) is 42.5 Å². The second kappa shape index (κ2) is 9.03. The zero-order chi connectivity index (χ0) is 25.7. The summed E-state index contributed by atoms with van der Waals surface area (Å²) < 4.78 is 108. The highest BCUT2D eigenvalue weighted by Gasteiger charge is 2.63. The number of halogens is 8. The molecule has 1 aromatic heterocycles. The number of carbonyl (C=O) groups is 1. The molecule has 2 aliphatic rings. The molecule has 0 bridgehead atoms. The maximum absolute atomic E-state index is 14.0. The average Bonchev–Trinajstić information content (AvgIpc) is 3.21. The number of piperidine rings is 1. The molecule has 35 heavy (non-hydrogen) atoms. The van der Waals surface area contributed by atoms with Crippen molar-refractivity contribution in [2.75, 3.05) is 13.1 Å². The van der Waals surface area contributed by atoms with Crippen LogP contribution in [-0.4, -0.2) is 50.9 Å². The van der Waals surface area contributed by atoms with Gasteiger partial charge in [0.2, 0.25) is 11.7 Å². The van der Waals surface area contributed by atoms with Gasteiger partial charge in [0.15, 0.2) is 11.6 Å². The molecule has 0 aliphatic carbocycles. The fourth-order valence-corrected chi connectivity index (χ4v) is 4.80. The van der Waals surface area contributed by atoms with Crippen LogP contribution in [0.3, 0.4) is 0 Å². The number of aryl methyl sites for hydroxylation is 1. The maximum atomic E-state index is 14.0. The second-order valence-corrected chi connectivity index (χ2v) is 8.90. The first kappa shape index (κ1) is 25.3. The summed E-state index contributed by atoms with van der Waals surface area (Å²) >= 11 is 0. The molecule has 6 nitrogen and oxygen atoms in total. The molecule has 192 valence electrons. The summed E-state index contributed by atoms with van der Waals surface area (Å²) in [6.07, 6.45) is -5.66. The third kappa shape index (κ3) is 4.71. The van der Waals surface area contributed by atoms with E-state index in [1.807, 2.05) is 0 Å². The lowest BCUT2D eigenvalue weighted by Crippen LogP contribution is -2.48. The van der Waals surface area contributed by atoms with Gasteiger partial charge in [-0.3, -0.25) is 4.79 Å². The van der Waals surface area contributed by atoms with E-state index in [9.17, 15) is 39.9 Å². The third-order valence-corrected chi connectivity index (χ3v) is 6.53. The molecule has 1 saturated heterocycles. The van der Waals surface area contributed by atoms with Crippen LogP contribution in [0.25, 0.3) is 0 Å². The van der Waals surface area contributed by atoms with Gasteiger partial charge in [-0.15, -0.1) is 10.2 Å². The number of nitrogens with zero attached hydrogens (tertiary/aromatic N) is 4. The molecule has 1 aromatic carbocycles. The van der Waals surface area contributed by atoms with E-state index < -0.39 is 59.3 Å². The molecule has 0 spiro atoms. The molecule has 2 N–H and O–H groups in total. The van der Waals surface area contributed by atoms with E-state index in [1.165, 1.54) is 4.90 Å². The average molecular weight is 511 g/mol. The Hall–Kier alpha value is -2.77. The van der Waals surface area contributed by atoms with E-state index in [0.29, 0.717) is 18.6 Å². The van der Waals surface area contributed by atoms with E-state index in [1.54, 1.807) is 0 Å². The van der Waals surface area contributed by atoms with E-state index in [4.69, 9.17) is 5.73 Å². The van der Waals surface area contributed by atoms with E-state index >= 15 is 0 Å². The predicted molar refractivity (Wildman–Crippen MR) is 105 cm³/mol. The van der Waals surface area contributed by atoms with Crippen molar-refractivity contribution in [3.63, 3.8) is 0 Å². The van der Waals surface area contributed by atoms with E-state index in [-0.39, 0.29) is 50.2 Å². The molecule has 1 amide bonds. The van der Waals surface area contributed by atoms with Crippen molar-refractivity contribution in [2.24, 2.45) is 11.7 Å². The lowest BCUT2D eigenvalue weighted by Gasteiger charge is -2.43. The lowest BCUT2D eigenvalue weighted by molar-refractivity contribution is -0.294. The number of carbonyl (C=O) groups excluding carboxylic acids is 1. The highest BCUT2D eigenvalue weighted by molar-refractivity contribution is 5.77. The summed E-state index contributed by atoms with van der Waals surface area (Å²) in [5, 5.41) is 6.68. The van der Waals surface area contributed by atoms with Crippen molar-refractivity contribution >= 4 is 5.91 Å². The van der Waals surface area contributed by atoms with Gasteiger partial charge in [-0.25, -0.2) is 13.2 Å². The summed E-state index contributed by atoms with van der Waals surface area (Å²) in [7, 11) is 0. The second-order valence-electron chi connectivity index (χ2n) is 8.90. The summed E-state index contributed by atoms with van der Waals surface area (Å²) in [4.78, 5) is 14.2. The van der Waals surface area contributed by atoms with Crippen LogP contribution in [0, 0.1) is 23.4 Å². The maximum Gasteiger partial charge on any atom is 0.461 e. The van der Waals surface area contributed by atoms with Gasteiger partial charge < -0.3 is 15.2 Å². The smallest absolute Gasteiger partial charge is 0.342 e. The molecule has 14 heteroatoms. The van der Waals surface area contributed by atoms with Crippen molar-refractivity contribution in [1.29, 1.82) is 0 Å². The van der Waals surface area contributed by atoms with Crippen LogP contribution < -0.4 is 5.73 Å². The van der Waals surface area contributed by atoms with Gasteiger partial charge in [0.05, 0.1) is 0 Å². The normalized spacial score (nSPS) is 21.5. The monoisotopic (exact) mass is 511 g/mol. The molecule has 0 unspecified atom stereocenters. The number of rotatable bonds is 5. The van der Waals surface area contributed by atoms with Crippen LogP contribution in [-0.2, 0) is 23.6 Å². The fourth-order valence-electron chi connectivity index (χ4n) is 4.80. The Kier molecular flexibility index (Phi) is 6.53. The molecule has 2 aromatic rings. The molecule has 0 radical (unpaired) electrons. The number of aromatic nitrogens is 3. The first-order valence-electron chi connectivity index (χ1n) is 10.8. The minimum atomic E-state index is -5.83. The zero-order valence-corrected chi connectivity index (χ0v) is 18.1. The quantitative estimate of drug-likeness (QED) is 0.491. The highest BCUT2D eigenvalue weighted by atomic mass is 19.4. The van der Waals surface area contributed by atoms with Crippen LogP contribution in [0.5, 0.6) is 0 Å². The molecular formula is C21H21F8N5O. The number of likely N-dealkylation sites (tertiary alicyclic amines) is 1. The summed E-state index contributed by atoms with van der Waals surface area (Å²) in [6.45, 7) is 0.172. The Morgan fingerprint density at radius 3 is 2.43 bits per heavy atom. The third-order valence-electron chi connectivity index (χ3n) is 6.53. The Morgan fingerprint density at radius 2 is 1.74 bits per heavy atom. The number of fused-ring (bicyclic) bond motifs is 3. The molecule has 1 fully saturated rings.